The van der Waals surface area contributed by atoms with Crippen molar-refractivity contribution in [2.45, 2.75) is 6.04 Å². The van der Waals surface area contributed by atoms with Crippen LogP contribution in [0.3, 0.4) is 0 Å². The summed E-state index contributed by atoms with van der Waals surface area (Å²) in [4.78, 5) is 10.8. The summed E-state index contributed by atoms with van der Waals surface area (Å²) in [6.07, 6.45) is 0. The number of halogens is 2. The summed E-state index contributed by atoms with van der Waals surface area (Å²) in [6.45, 7) is 0.538. The molecule has 1 aromatic carbocycles. The molecule has 1 unspecified atom stereocenters. The first-order valence-electron chi connectivity index (χ1n) is 4.78. The number of ether oxygens (including phenoxy) is 2. The lowest BCUT2D eigenvalue weighted by molar-refractivity contribution is -0.138. The second kappa shape index (κ2) is 4.50. The molecule has 0 radical (unpaired) electrons. The number of nitrogens with two attached hydrogens (primary N) is 1. The fraction of sp³-hybridized carbons (Fsp3) is 0.300. The molecule has 0 amide bonds. The second-order valence-electron chi connectivity index (χ2n) is 3.43. The zero-order valence-electron chi connectivity index (χ0n) is 8.57. The van der Waals surface area contributed by atoms with E-state index in [1.54, 1.807) is 0 Å². The smallest absolute Gasteiger partial charge is 0.325 e. The predicted molar refractivity (Wildman–Crippen MR) is 59.7 cm³/mol. The van der Waals surface area contributed by atoms with Gasteiger partial charge in [0.1, 0.15) is 19.3 Å². The number of fused-ring (bicyclic) bond motifs is 1. The van der Waals surface area contributed by atoms with Crippen LogP contribution in [0.5, 0.6) is 11.5 Å². The minimum Gasteiger partial charge on any atom is -0.486 e. The van der Waals surface area contributed by atoms with Gasteiger partial charge in [0.25, 0.3) is 0 Å². The third-order valence-corrected chi connectivity index (χ3v) is 3.00. The average Bonchev–Trinajstić information content (AvgIpc) is 2.28. The van der Waals surface area contributed by atoms with Crippen molar-refractivity contribution in [1.29, 1.82) is 0 Å². The molecule has 1 aliphatic rings. The van der Waals surface area contributed by atoms with Gasteiger partial charge in [-0.1, -0.05) is 15.9 Å². The van der Waals surface area contributed by atoms with Crippen LogP contribution in [0.25, 0.3) is 0 Å². The summed E-state index contributed by atoms with van der Waals surface area (Å²) in [6, 6.07) is -0.00407. The molecule has 5 nitrogen and oxygen atoms in total. The van der Waals surface area contributed by atoms with Crippen LogP contribution < -0.4 is 15.2 Å². The summed E-state index contributed by atoms with van der Waals surface area (Å²) in [5.74, 6) is -1.97. The molecule has 0 saturated heterocycles. The van der Waals surface area contributed by atoms with E-state index in [4.69, 9.17) is 20.3 Å². The highest BCUT2D eigenvalue weighted by atomic mass is 79.9. The highest BCUT2D eigenvalue weighted by molar-refractivity contribution is 9.10. The molecule has 7 heteroatoms. The molecule has 92 valence electrons. The maximum Gasteiger partial charge on any atom is 0.325 e. The van der Waals surface area contributed by atoms with Crippen LogP contribution in [0.2, 0.25) is 0 Å². The van der Waals surface area contributed by atoms with Gasteiger partial charge in [-0.3, -0.25) is 4.79 Å². The number of carbonyl (C=O) groups is 1. The van der Waals surface area contributed by atoms with E-state index in [2.05, 4.69) is 15.9 Å². The third-order valence-electron chi connectivity index (χ3n) is 2.34. The number of rotatable bonds is 2. The molecule has 3 N–H and O–H groups in total. The van der Waals surface area contributed by atoms with E-state index in [1.165, 1.54) is 6.07 Å². The molecule has 1 aliphatic heterocycles. The fourth-order valence-electron chi connectivity index (χ4n) is 1.54. The zero-order chi connectivity index (χ0) is 12.6. The third kappa shape index (κ3) is 2.07. The number of benzene rings is 1. The molecule has 1 atom stereocenters. The lowest BCUT2D eigenvalue weighted by Crippen LogP contribution is -2.24. The van der Waals surface area contributed by atoms with Crippen LogP contribution in [0.4, 0.5) is 4.39 Å². The van der Waals surface area contributed by atoms with E-state index in [1.807, 2.05) is 0 Å². The summed E-state index contributed by atoms with van der Waals surface area (Å²) >= 11 is 3.08. The van der Waals surface area contributed by atoms with Crippen molar-refractivity contribution in [1.82, 2.24) is 0 Å². The van der Waals surface area contributed by atoms with E-state index in [0.717, 1.165) is 0 Å². The first-order chi connectivity index (χ1) is 8.02. The Balaban J connectivity index is 2.57. The van der Waals surface area contributed by atoms with Crippen LogP contribution in [0.15, 0.2) is 10.5 Å². The lowest BCUT2D eigenvalue weighted by Gasteiger charge is -2.22. The SMILES string of the molecule is NC(C(=O)O)c1c(Br)cc2c(c1F)OCCO2. The van der Waals surface area contributed by atoms with Crippen molar-refractivity contribution < 1.29 is 23.8 Å². The van der Waals surface area contributed by atoms with Crippen LogP contribution in [-0.4, -0.2) is 24.3 Å². The topological polar surface area (TPSA) is 81.8 Å². The summed E-state index contributed by atoms with van der Waals surface area (Å²) in [7, 11) is 0. The molecule has 1 heterocycles. The Morgan fingerprint density at radius 1 is 1.53 bits per heavy atom. The van der Waals surface area contributed by atoms with Gasteiger partial charge in [-0.15, -0.1) is 0 Å². The molecule has 0 fully saturated rings. The standard InChI is InChI=1S/C10H9BrFNO4/c11-4-3-5-9(17-2-1-16-5)7(12)6(4)8(13)10(14)15/h3,8H,1-2,13H2,(H,14,15). The highest BCUT2D eigenvalue weighted by Crippen LogP contribution is 2.40. The van der Waals surface area contributed by atoms with Crippen LogP contribution in [0.1, 0.15) is 11.6 Å². The van der Waals surface area contributed by atoms with Crippen LogP contribution >= 0.6 is 15.9 Å². The first-order valence-corrected chi connectivity index (χ1v) is 5.57. The molecule has 0 spiro atoms. The van der Waals surface area contributed by atoms with Gasteiger partial charge in [0.2, 0.25) is 0 Å². The summed E-state index contributed by atoms with van der Waals surface area (Å²) in [5, 5.41) is 8.80. The van der Waals surface area contributed by atoms with E-state index >= 15 is 0 Å². The quantitative estimate of drug-likeness (QED) is 0.864. The normalized spacial score (nSPS) is 15.5. The maximum atomic E-state index is 14.0. The number of aliphatic carboxylic acids is 1. The molecular weight excluding hydrogens is 297 g/mol. The van der Waals surface area contributed by atoms with Crippen LogP contribution in [0, 0.1) is 5.82 Å². The molecule has 0 bridgehead atoms. The van der Waals surface area contributed by atoms with Gasteiger partial charge in [-0.05, 0) is 6.07 Å². The summed E-state index contributed by atoms with van der Waals surface area (Å²) < 4.78 is 24.6. The Morgan fingerprint density at radius 3 is 2.82 bits per heavy atom. The van der Waals surface area contributed by atoms with E-state index in [-0.39, 0.29) is 28.1 Å². The van der Waals surface area contributed by atoms with Gasteiger partial charge in [0.05, 0.1) is 0 Å². The lowest BCUT2D eigenvalue weighted by atomic mass is 10.1. The van der Waals surface area contributed by atoms with Gasteiger partial charge in [0.15, 0.2) is 17.3 Å². The van der Waals surface area contributed by atoms with Crippen LogP contribution in [-0.2, 0) is 4.79 Å². The van der Waals surface area contributed by atoms with E-state index in [9.17, 15) is 9.18 Å². The Morgan fingerprint density at radius 2 is 2.18 bits per heavy atom. The number of hydrogen-bond donors (Lipinski definition) is 2. The molecule has 0 saturated carbocycles. The second-order valence-corrected chi connectivity index (χ2v) is 4.28. The fourth-order valence-corrected chi connectivity index (χ4v) is 2.17. The van der Waals surface area contributed by atoms with E-state index in [0.29, 0.717) is 6.61 Å². The monoisotopic (exact) mass is 305 g/mol. The van der Waals surface area contributed by atoms with Crippen molar-refractivity contribution >= 4 is 21.9 Å². The van der Waals surface area contributed by atoms with Gasteiger partial charge in [-0.25, -0.2) is 4.39 Å². The summed E-state index contributed by atoms with van der Waals surface area (Å²) in [5.41, 5.74) is 5.26. The highest BCUT2D eigenvalue weighted by Gasteiger charge is 2.28. The van der Waals surface area contributed by atoms with Crippen molar-refractivity contribution in [2.75, 3.05) is 13.2 Å². The van der Waals surface area contributed by atoms with Gasteiger partial charge < -0.3 is 20.3 Å². The largest absolute Gasteiger partial charge is 0.486 e. The van der Waals surface area contributed by atoms with E-state index < -0.39 is 17.8 Å². The number of carboxylic acids is 1. The minimum atomic E-state index is -1.46. The molecule has 0 aliphatic carbocycles. The Hall–Kier alpha value is -1.34. The number of hydrogen-bond acceptors (Lipinski definition) is 4. The van der Waals surface area contributed by atoms with Gasteiger partial charge in [0, 0.05) is 10.0 Å². The van der Waals surface area contributed by atoms with Gasteiger partial charge in [-0.2, -0.15) is 0 Å². The van der Waals surface area contributed by atoms with Crippen molar-refractivity contribution in [3.63, 3.8) is 0 Å². The molecule has 1 aromatic rings. The number of carboxylic acid groups (broad SMARTS) is 1. The Kier molecular flexibility index (Phi) is 3.21. The van der Waals surface area contributed by atoms with Crippen molar-refractivity contribution in [2.24, 2.45) is 5.73 Å². The molecule has 17 heavy (non-hydrogen) atoms. The van der Waals surface area contributed by atoms with Gasteiger partial charge >= 0.3 is 5.97 Å². The Labute approximate surface area is 104 Å². The van der Waals surface area contributed by atoms with Crippen molar-refractivity contribution in [3.05, 3.63) is 21.9 Å². The first kappa shape index (κ1) is 12.1. The molecule has 0 aromatic heterocycles. The minimum absolute atomic E-state index is 0.0915. The zero-order valence-corrected chi connectivity index (χ0v) is 10.2. The predicted octanol–water partition coefficient (Wildman–Crippen LogP) is 1.44. The van der Waals surface area contributed by atoms with Crippen molar-refractivity contribution in [3.8, 4) is 11.5 Å². The molecular formula is C10H9BrFNO4. The maximum absolute atomic E-state index is 14.0. The average molecular weight is 306 g/mol. The Bertz CT molecular complexity index is 480. The molecule has 2 rings (SSSR count).